The van der Waals surface area contributed by atoms with Gasteiger partial charge < -0.3 is 15.4 Å². The highest BCUT2D eigenvalue weighted by molar-refractivity contribution is 14.0. The second kappa shape index (κ2) is 13.5. The summed E-state index contributed by atoms with van der Waals surface area (Å²) < 4.78 is 6.10. The van der Waals surface area contributed by atoms with Crippen LogP contribution in [0.1, 0.15) is 58.6 Å². The molecule has 1 saturated heterocycles. The van der Waals surface area contributed by atoms with E-state index in [1.807, 2.05) is 7.05 Å². The van der Waals surface area contributed by atoms with E-state index in [2.05, 4.69) is 79.4 Å². The molecule has 0 bridgehead atoms. The van der Waals surface area contributed by atoms with E-state index in [0.717, 1.165) is 51.7 Å². The minimum atomic E-state index is 0. The van der Waals surface area contributed by atoms with Crippen molar-refractivity contribution in [2.45, 2.75) is 66.7 Å². The van der Waals surface area contributed by atoms with Crippen molar-refractivity contribution in [3.05, 3.63) is 35.4 Å². The Hall–Kier alpha value is -0.860. The van der Waals surface area contributed by atoms with Gasteiger partial charge in [0.25, 0.3) is 0 Å². The third kappa shape index (κ3) is 8.71. The van der Waals surface area contributed by atoms with Gasteiger partial charge in [-0.05, 0) is 42.5 Å². The van der Waals surface area contributed by atoms with Crippen molar-refractivity contribution in [3.63, 3.8) is 0 Å². The summed E-state index contributed by atoms with van der Waals surface area (Å²) in [6.07, 6.45) is 2.64. The molecule has 1 fully saturated rings. The van der Waals surface area contributed by atoms with Crippen LogP contribution in [0.25, 0.3) is 0 Å². The predicted octanol–water partition coefficient (Wildman–Crippen LogP) is 4.65. The van der Waals surface area contributed by atoms with Gasteiger partial charge in [0.15, 0.2) is 5.96 Å². The molecule has 0 aromatic heterocycles. The molecule has 1 aliphatic heterocycles. The van der Waals surface area contributed by atoms with Crippen LogP contribution < -0.4 is 10.6 Å². The monoisotopic (exact) mass is 530 g/mol. The number of nitrogens with one attached hydrogen (secondary N) is 2. The molecule has 172 valence electrons. The molecule has 1 aliphatic rings. The molecule has 0 spiro atoms. The van der Waals surface area contributed by atoms with Gasteiger partial charge in [-0.2, -0.15) is 0 Å². The maximum atomic E-state index is 6.10. The molecule has 2 atom stereocenters. The molecule has 0 saturated carbocycles. The van der Waals surface area contributed by atoms with E-state index in [4.69, 9.17) is 4.74 Å². The lowest BCUT2D eigenvalue weighted by Gasteiger charge is -2.40. The number of hydrogen-bond acceptors (Lipinski definition) is 3. The molecule has 1 aromatic rings. The molecule has 2 N–H and O–H groups in total. The van der Waals surface area contributed by atoms with Gasteiger partial charge in [-0.15, -0.1) is 24.0 Å². The Morgan fingerprint density at radius 3 is 2.30 bits per heavy atom. The van der Waals surface area contributed by atoms with Crippen molar-refractivity contribution in [1.29, 1.82) is 0 Å². The molecule has 1 heterocycles. The van der Waals surface area contributed by atoms with Crippen molar-refractivity contribution >= 4 is 29.9 Å². The van der Waals surface area contributed by atoms with E-state index >= 15 is 0 Å². The molecule has 1 aromatic carbocycles. The molecule has 2 rings (SSSR count). The molecule has 30 heavy (non-hydrogen) atoms. The Kier molecular flexibility index (Phi) is 12.3. The van der Waals surface area contributed by atoms with E-state index in [1.54, 1.807) is 0 Å². The van der Waals surface area contributed by atoms with E-state index in [9.17, 15) is 0 Å². The van der Waals surface area contributed by atoms with Crippen LogP contribution >= 0.6 is 24.0 Å². The Morgan fingerprint density at radius 1 is 1.10 bits per heavy atom. The molecule has 0 aliphatic carbocycles. The van der Waals surface area contributed by atoms with Gasteiger partial charge in [-0.1, -0.05) is 58.9 Å². The number of halogens is 1. The van der Waals surface area contributed by atoms with E-state index in [1.165, 1.54) is 17.5 Å². The highest BCUT2D eigenvalue weighted by Crippen LogP contribution is 2.33. The van der Waals surface area contributed by atoms with Crippen molar-refractivity contribution < 1.29 is 4.74 Å². The zero-order chi connectivity index (χ0) is 21.3. The van der Waals surface area contributed by atoms with Crippen LogP contribution in [0.4, 0.5) is 0 Å². The normalized spacial score (nSPS) is 20.0. The molecule has 5 nitrogen and oxygen atoms in total. The van der Waals surface area contributed by atoms with Gasteiger partial charge in [0.1, 0.15) is 0 Å². The number of rotatable bonds is 8. The Bertz CT molecular complexity index is 623. The maximum absolute atomic E-state index is 6.10. The average Bonchev–Trinajstić information content (AvgIpc) is 2.72. The molecular formula is C24H43IN4O. The van der Waals surface area contributed by atoms with Crippen LogP contribution in [0.2, 0.25) is 0 Å². The van der Waals surface area contributed by atoms with Gasteiger partial charge in [0, 0.05) is 39.2 Å². The predicted molar refractivity (Wildman–Crippen MR) is 139 cm³/mol. The van der Waals surface area contributed by atoms with Gasteiger partial charge in [-0.25, -0.2) is 0 Å². The Labute approximate surface area is 201 Å². The molecular weight excluding hydrogens is 487 g/mol. The standard InChI is InChI=1S/C24H42N4O.HI/c1-7-28(8-2)18-20-13-11-19(12-14-20)16-26-23(25-6)27-17-21-10-9-15-29-22(21)24(3,4)5;/h11-14,21-22H,7-10,15-18H2,1-6H3,(H2,25,26,27);1H. The highest BCUT2D eigenvalue weighted by atomic mass is 127. The van der Waals surface area contributed by atoms with Crippen LogP contribution in [0, 0.1) is 11.3 Å². The summed E-state index contributed by atoms with van der Waals surface area (Å²) in [5.74, 6) is 1.37. The largest absolute Gasteiger partial charge is 0.377 e. The van der Waals surface area contributed by atoms with Crippen LogP contribution in [0.5, 0.6) is 0 Å². The molecule has 0 radical (unpaired) electrons. The summed E-state index contributed by atoms with van der Waals surface area (Å²) >= 11 is 0. The van der Waals surface area contributed by atoms with Crippen LogP contribution in [-0.2, 0) is 17.8 Å². The summed E-state index contributed by atoms with van der Waals surface area (Å²) in [7, 11) is 1.83. The van der Waals surface area contributed by atoms with Crippen molar-refractivity contribution in [2.24, 2.45) is 16.3 Å². The minimum Gasteiger partial charge on any atom is -0.377 e. The fourth-order valence-corrected chi connectivity index (χ4v) is 4.11. The summed E-state index contributed by atoms with van der Waals surface area (Å²) in [4.78, 5) is 6.83. The zero-order valence-corrected chi connectivity index (χ0v) is 22.2. The Balaban J connectivity index is 0.00000450. The summed E-state index contributed by atoms with van der Waals surface area (Å²) in [6, 6.07) is 8.89. The smallest absolute Gasteiger partial charge is 0.191 e. The lowest BCUT2D eigenvalue weighted by Crippen LogP contribution is -2.47. The van der Waals surface area contributed by atoms with E-state index in [-0.39, 0.29) is 29.4 Å². The second-order valence-corrected chi connectivity index (χ2v) is 9.14. The van der Waals surface area contributed by atoms with Gasteiger partial charge in [-0.3, -0.25) is 9.89 Å². The lowest BCUT2D eigenvalue weighted by molar-refractivity contribution is -0.0835. The number of ether oxygens (including phenoxy) is 1. The molecule has 0 amide bonds. The molecule has 2 unspecified atom stereocenters. The summed E-state index contributed by atoms with van der Waals surface area (Å²) in [5.41, 5.74) is 2.80. The summed E-state index contributed by atoms with van der Waals surface area (Å²) in [6.45, 7) is 17.0. The fraction of sp³-hybridized carbons (Fsp3) is 0.708. The first-order valence-corrected chi connectivity index (χ1v) is 11.2. The van der Waals surface area contributed by atoms with Crippen molar-refractivity contribution in [2.75, 3.05) is 33.3 Å². The highest BCUT2D eigenvalue weighted by Gasteiger charge is 2.35. The second-order valence-electron chi connectivity index (χ2n) is 9.14. The first-order chi connectivity index (χ1) is 13.9. The number of guanidine groups is 1. The SMILES string of the molecule is CCN(CC)Cc1ccc(CNC(=NC)NCC2CCCOC2C(C)(C)C)cc1.I. The van der Waals surface area contributed by atoms with E-state index < -0.39 is 0 Å². The number of benzene rings is 1. The zero-order valence-electron chi connectivity index (χ0n) is 19.8. The third-order valence-corrected chi connectivity index (χ3v) is 5.84. The molecule has 6 heteroatoms. The van der Waals surface area contributed by atoms with Crippen LogP contribution in [-0.4, -0.2) is 50.3 Å². The number of hydrogen-bond donors (Lipinski definition) is 2. The van der Waals surface area contributed by atoms with Crippen LogP contribution in [0.3, 0.4) is 0 Å². The lowest BCUT2D eigenvalue weighted by atomic mass is 9.78. The minimum absolute atomic E-state index is 0. The first-order valence-electron chi connectivity index (χ1n) is 11.2. The third-order valence-electron chi connectivity index (χ3n) is 5.84. The topological polar surface area (TPSA) is 48.9 Å². The fourth-order valence-electron chi connectivity index (χ4n) is 4.11. The van der Waals surface area contributed by atoms with Crippen LogP contribution in [0.15, 0.2) is 29.3 Å². The van der Waals surface area contributed by atoms with E-state index in [0.29, 0.717) is 12.0 Å². The van der Waals surface area contributed by atoms with Crippen molar-refractivity contribution in [1.82, 2.24) is 15.5 Å². The quantitative estimate of drug-likeness (QED) is 0.292. The first kappa shape index (κ1) is 27.2. The Morgan fingerprint density at radius 2 is 1.73 bits per heavy atom. The maximum Gasteiger partial charge on any atom is 0.191 e. The van der Waals surface area contributed by atoms with Crippen molar-refractivity contribution in [3.8, 4) is 0 Å². The number of nitrogens with zero attached hydrogens (tertiary/aromatic N) is 2. The summed E-state index contributed by atoms with van der Waals surface area (Å²) in [5, 5.41) is 6.97. The average molecular weight is 531 g/mol. The van der Waals surface area contributed by atoms with Gasteiger partial charge in [0.05, 0.1) is 6.10 Å². The number of aliphatic imine (C=N–C) groups is 1. The van der Waals surface area contributed by atoms with Gasteiger partial charge in [0.2, 0.25) is 0 Å². The van der Waals surface area contributed by atoms with Gasteiger partial charge >= 0.3 is 0 Å².